The second-order valence-corrected chi connectivity index (χ2v) is 5.13. The zero-order valence-electron chi connectivity index (χ0n) is 13.6. The Kier molecular flexibility index (Phi) is 7.57. The minimum atomic E-state index is -0.410. The van der Waals surface area contributed by atoms with Crippen molar-refractivity contribution in [2.24, 2.45) is 7.05 Å². The van der Waals surface area contributed by atoms with Crippen molar-refractivity contribution in [1.82, 2.24) is 20.4 Å². The minimum absolute atomic E-state index is 0. The lowest BCUT2D eigenvalue weighted by Crippen LogP contribution is -2.37. The molecule has 2 rings (SSSR count). The predicted molar refractivity (Wildman–Crippen MR) is 91.9 cm³/mol. The Morgan fingerprint density at radius 1 is 1.43 bits per heavy atom. The van der Waals surface area contributed by atoms with Crippen molar-refractivity contribution in [3.8, 4) is 5.75 Å². The highest BCUT2D eigenvalue weighted by atomic mass is 35.5. The van der Waals surface area contributed by atoms with Crippen LogP contribution in [0.3, 0.4) is 0 Å². The van der Waals surface area contributed by atoms with Gasteiger partial charge in [-0.2, -0.15) is 5.10 Å². The number of aryl methyl sites for hydroxylation is 2. The first-order chi connectivity index (χ1) is 10.6. The summed E-state index contributed by atoms with van der Waals surface area (Å²) < 4.78 is 7.28. The van der Waals surface area contributed by atoms with Crippen LogP contribution in [-0.2, 0) is 11.8 Å². The summed E-state index contributed by atoms with van der Waals surface area (Å²) in [7, 11) is 3.57. The molecule has 1 heterocycles. The van der Waals surface area contributed by atoms with Crippen molar-refractivity contribution in [2.75, 3.05) is 20.2 Å². The number of nitrogens with zero attached hydrogens (tertiary/aromatic N) is 2. The Bertz CT molecular complexity index is 630. The number of hydrogen-bond donors (Lipinski definition) is 2. The van der Waals surface area contributed by atoms with Crippen molar-refractivity contribution < 1.29 is 9.53 Å². The number of aromatic nitrogens is 2. The Morgan fingerprint density at radius 3 is 2.83 bits per heavy atom. The SMILES string of the molecule is CNC(C(=O)NCCOc1cccc(C)c1)c1cnn(C)c1.Cl. The number of carbonyl (C=O) groups is 1. The normalized spacial score (nSPS) is 11.4. The molecule has 0 spiro atoms. The van der Waals surface area contributed by atoms with E-state index in [4.69, 9.17) is 4.74 Å². The van der Waals surface area contributed by atoms with E-state index in [1.807, 2.05) is 44.4 Å². The lowest BCUT2D eigenvalue weighted by Gasteiger charge is -2.15. The van der Waals surface area contributed by atoms with Crippen LogP contribution in [0.25, 0.3) is 0 Å². The van der Waals surface area contributed by atoms with Gasteiger partial charge in [-0.05, 0) is 31.7 Å². The van der Waals surface area contributed by atoms with E-state index in [1.54, 1.807) is 17.9 Å². The third-order valence-corrected chi connectivity index (χ3v) is 3.27. The van der Waals surface area contributed by atoms with Gasteiger partial charge in [0.05, 0.1) is 12.7 Å². The smallest absolute Gasteiger partial charge is 0.241 e. The van der Waals surface area contributed by atoms with Crippen molar-refractivity contribution in [1.29, 1.82) is 0 Å². The van der Waals surface area contributed by atoms with Crippen LogP contribution in [0.1, 0.15) is 17.2 Å². The fourth-order valence-electron chi connectivity index (χ4n) is 2.19. The molecule has 0 aliphatic rings. The molecule has 2 aromatic rings. The average molecular weight is 339 g/mol. The third-order valence-electron chi connectivity index (χ3n) is 3.27. The first-order valence-corrected chi connectivity index (χ1v) is 7.23. The van der Waals surface area contributed by atoms with E-state index < -0.39 is 6.04 Å². The molecule has 0 radical (unpaired) electrons. The molecule has 1 unspecified atom stereocenters. The molecule has 1 aromatic heterocycles. The zero-order valence-corrected chi connectivity index (χ0v) is 14.4. The number of benzene rings is 1. The Labute approximate surface area is 142 Å². The molecule has 0 saturated heterocycles. The summed E-state index contributed by atoms with van der Waals surface area (Å²) in [6, 6.07) is 7.42. The van der Waals surface area contributed by atoms with Crippen LogP contribution in [0.5, 0.6) is 5.75 Å². The number of nitrogens with one attached hydrogen (secondary N) is 2. The van der Waals surface area contributed by atoms with Gasteiger partial charge in [0.15, 0.2) is 0 Å². The first-order valence-electron chi connectivity index (χ1n) is 7.23. The molecular formula is C16H23ClN4O2. The van der Waals surface area contributed by atoms with E-state index >= 15 is 0 Å². The molecule has 0 saturated carbocycles. The van der Waals surface area contributed by atoms with Crippen LogP contribution in [0.15, 0.2) is 36.7 Å². The maximum atomic E-state index is 12.2. The summed E-state index contributed by atoms with van der Waals surface area (Å²) in [6.45, 7) is 2.89. The molecule has 126 valence electrons. The number of halogens is 1. The standard InChI is InChI=1S/C16H22N4O2.ClH/c1-12-5-4-6-14(9-12)22-8-7-18-16(21)15(17-2)13-10-19-20(3)11-13;/h4-6,9-11,15,17H,7-8H2,1-3H3,(H,18,21);1H. The van der Waals surface area contributed by atoms with E-state index in [0.717, 1.165) is 16.9 Å². The molecule has 0 bridgehead atoms. The third kappa shape index (κ3) is 5.58. The summed E-state index contributed by atoms with van der Waals surface area (Å²) in [5.74, 6) is 0.718. The van der Waals surface area contributed by atoms with Crippen LogP contribution >= 0.6 is 12.4 Å². The summed E-state index contributed by atoms with van der Waals surface area (Å²) in [4.78, 5) is 12.2. The largest absolute Gasteiger partial charge is 0.492 e. The van der Waals surface area contributed by atoms with Gasteiger partial charge < -0.3 is 15.4 Å². The summed E-state index contributed by atoms with van der Waals surface area (Å²) in [5, 5.41) is 9.94. The van der Waals surface area contributed by atoms with Gasteiger partial charge in [0.1, 0.15) is 18.4 Å². The molecule has 7 heteroatoms. The molecule has 0 aliphatic carbocycles. The van der Waals surface area contributed by atoms with Crippen LogP contribution in [0, 0.1) is 6.92 Å². The van der Waals surface area contributed by atoms with Gasteiger partial charge in [-0.1, -0.05) is 12.1 Å². The fourth-order valence-corrected chi connectivity index (χ4v) is 2.19. The number of likely N-dealkylation sites (N-methyl/N-ethyl adjacent to an activating group) is 1. The second-order valence-electron chi connectivity index (χ2n) is 5.13. The molecular weight excluding hydrogens is 316 g/mol. The molecule has 1 aromatic carbocycles. The highest BCUT2D eigenvalue weighted by molar-refractivity contribution is 5.85. The first kappa shape index (κ1) is 19.0. The summed E-state index contributed by atoms with van der Waals surface area (Å²) in [6.07, 6.45) is 3.51. The zero-order chi connectivity index (χ0) is 15.9. The Hall–Kier alpha value is -2.05. The minimum Gasteiger partial charge on any atom is -0.492 e. The van der Waals surface area contributed by atoms with Gasteiger partial charge in [-0.3, -0.25) is 9.48 Å². The van der Waals surface area contributed by atoms with Crippen LogP contribution < -0.4 is 15.4 Å². The Balaban J connectivity index is 0.00000264. The molecule has 6 nitrogen and oxygen atoms in total. The maximum Gasteiger partial charge on any atom is 0.241 e. The van der Waals surface area contributed by atoms with Crippen molar-refractivity contribution in [3.63, 3.8) is 0 Å². The molecule has 23 heavy (non-hydrogen) atoms. The van der Waals surface area contributed by atoms with Crippen LogP contribution in [-0.4, -0.2) is 35.9 Å². The number of hydrogen-bond acceptors (Lipinski definition) is 4. The Morgan fingerprint density at radius 2 is 2.22 bits per heavy atom. The predicted octanol–water partition coefficient (Wildman–Crippen LogP) is 1.61. The maximum absolute atomic E-state index is 12.2. The summed E-state index contributed by atoms with van der Waals surface area (Å²) in [5.41, 5.74) is 1.98. The van der Waals surface area contributed by atoms with Crippen LogP contribution in [0.2, 0.25) is 0 Å². The van der Waals surface area contributed by atoms with Gasteiger partial charge >= 0.3 is 0 Å². The molecule has 0 aliphatic heterocycles. The highest BCUT2D eigenvalue weighted by Gasteiger charge is 2.19. The van der Waals surface area contributed by atoms with Gasteiger partial charge in [0.25, 0.3) is 0 Å². The van der Waals surface area contributed by atoms with Gasteiger partial charge in [0, 0.05) is 18.8 Å². The number of ether oxygens (including phenoxy) is 1. The van der Waals surface area contributed by atoms with Gasteiger partial charge in [-0.25, -0.2) is 0 Å². The molecule has 0 fully saturated rings. The topological polar surface area (TPSA) is 68.2 Å². The number of rotatable bonds is 7. The fraction of sp³-hybridized carbons (Fsp3) is 0.375. The molecule has 1 atom stereocenters. The average Bonchev–Trinajstić information content (AvgIpc) is 2.91. The van der Waals surface area contributed by atoms with E-state index in [1.165, 1.54) is 0 Å². The van der Waals surface area contributed by atoms with Crippen molar-refractivity contribution >= 4 is 18.3 Å². The number of carbonyl (C=O) groups excluding carboxylic acids is 1. The number of amides is 1. The van der Waals surface area contributed by atoms with E-state index in [9.17, 15) is 4.79 Å². The second kappa shape index (κ2) is 9.17. The van der Waals surface area contributed by atoms with Crippen LogP contribution in [0.4, 0.5) is 0 Å². The van der Waals surface area contributed by atoms with Gasteiger partial charge in [-0.15, -0.1) is 12.4 Å². The lowest BCUT2D eigenvalue weighted by atomic mass is 10.1. The van der Waals surface area contributed by atoms with E-state index in [-0.39, 0.29) is 18.3 Å². The monoisotopic (exact) mass is 338 g/mol. The summed E-state index contributed by atoms with van der Waals surface area (Å²) >= 11 is 0. The highest BCUT2D eigenvalue weighted by Crippen LogP contribution is 2.12. The van der Waals surface area contributed by atoms with Gasteiger partial charge in [0.2, 0.25) is 5.91 Å². The van der Waals surface area contributed by atoms with E-state index in [2.05, 4.69) is 15.7 Å². The lowest BCUT2D eigenvalue weighted by molar-refractivity contribution is -0.123. The van der Waals surface area contributed by atoms with E-state index in [0.29, 0.717) is 13.2 Å². The van der Waals surface area contributed by atoms with Crippen molar-refractivity contribution in [2.45, 2.75) is 13.0 Å². The molecule has 2 N–H and O–H groups in total. The quantitative estimate of drug-likeness (QED) is 0.753. The molecule has 1 amide bonds. The van der Waals surface area contributed by atoms with Crippen molar-refractivity contribution in [3.05, 3.63) is 47.8 Å².